The maximum Gasteiger partial charge on any atom is 0.252 e. The fourth-order valence-corrected chi connectivity index (χ4v) is 3.48. The molecule has 0 fully saturated rings. The molecule has 106 valence electrons. The molecule has 3 rings (SSSR count). The Bertz CT molecular complexity index is 614. The first-order valence-corrected chi connectivity index (χ1v) is 7.92. The molecule has 0 saturated carbocycles. The number of aromatic nitrogens is 2. The maximum absolute atomic E-state index is 12.3. The molecular weight excluding hydrogens is 270 g/mol. The predicted molar refractivity (Wildman–Crippen MR) is 80.3 cm³/mol. The van der Waals surface area contributed by atoms with E-state index < -0.39 is 0 Å². The van der Waals surface area contributed by atoms with Crippen LogP contribution in [-0.2, 0) is 12.8 Å². The molecule has 2 aromatic rings. The number of hydrogen-bond donors (Lipinski definition) is 2. The molecule has 2 aromatic heterocycles. The van der Waals surface area contributed by atoms with Crippen molar-refractivity contribution in [2.45, 2.75) is 45.1 Å². The number of carbonyl (C=O) groups is 1. The standard InChI is InChI=1S/C15H19N3OS/c1-9(2)14-5-11(8-20-14)15(19)17-12-4-3-10-7-16-18-13(10)6-12/h5,7-9,12H,3-4,6H2,1-2H3,(H,16,18)(H,17,19)/t12-/m1/s1. The van der Waals surface area contributed by atoms with E-state index in [1.165, 1.54) is 10.4 Å². The van der Waals surface area contributed by atoms with Crippen molar-refractivity contribution in [1.82, 2.24) is 15.5 Å². The zero-order valence-electron chi connectivity index (χ0n) is 11.8. The highest BCUT2D eigenvalue weighted by molar-refractivity contribution is 7.10. The van der Waals surface area contributed by atoms with Crippen molar-refractivity contribution in [3.63, 3.8) is 0 Å². The van der Waals surface area contributed by atoms with E-state index in [4.69, 9.17) is 0 Å². The maximum atomic E-state index is 12.3. The molecule has 0 aromatic carbocycles. The molecule has 0 saturated heterocycles. The third kappa shape index (κ3) is 2.63. The van der Waals surface area contributed by atoms with Gasteiger partial charge in [-0.1, -0.05) is 13.8 Å². The lowest BCUT2D eigenvalue weighted by molar-refractivity contribution is 0.0934. The smallest absolute Gasteiger partial charge is 0.252 e. The topological polar surface area (TPSA) is 57.8 Å². The largest absolute Gasteiger partial charge is 0.349 e. The number of nitrogens with one attached hydrogen (secondary N) is 2. The summed E-state index contributed by atoms with van der Waals surface area (Å²) in [5.74, 6) is 0.518. The molecule has 2 heterocycles. The second-order valence-corrected chi connectivity index (χ2v) is 6.62. The highest BCUT2D eigenvalue weighted by atomic mass is 32.1. The summed E-state index contributed by atoms with van der Waals surface area (Å²) in [6, 6.07) is 2.22. The fraction of sp³-hybridized carbons (Fsp3) is 0.467. The molecule has 0 aliphatic heterocycles. The van der Waals surface area contributed by atoms with Gasteiger partial charge in [-0.3, -0.25) is 9.89 Å². The quantitative estimate of drug-likeness (QED) is 0.913. The lowest BCUT2D eigenvalue weighted by Crippen LogP contribution is -2.38. The van der Waals surface area contributed by atoms with Crippen LogP contribution in [0.3, 0.4) is 0 Å². The van der Waals surface area contributed by atoms with E-state index >= 15 is 0 Å². The Hall–Kier alpha value is -1.62. The number of thiophene rings is 1. The first-order chi connectivity index (χ1) is 9.63. The number of aryl methyl sites for hydroxylation is 1. The highest BCUT2D eigenvalue weighted by Crippen LogP contribution is 2.24. The molecule has 1 aliphatic rings. The molecule has 1 amide bonds. The van der Waals surface area contributed by atoms with Crippen molar-refractivity contribution in [3.8, 4) is 0 Å². The number of hydrogen-bond acceptors (Lipinski definition) is 3. The molecule has 2 N–H and O–H groups in total. The first-order valence-electron chi connectivity index (χ1n) is 7.04. The van der Waals surface area contributed by atoms with Crippen molar-refractivity contribution in [1.29, 1.82) is 0 Å². The van der Waals surface area contributed by atoms with Crippen LogP contribution in [0.25, 0.3) is 0 Å². The minimum absolute atomic E-state index is 0.0427. The summed E-state index contributed by atoms with van der Waals surface area (Å²) in [5, 5.41) is 12.2. The summed E-state index contributed by atoms with van der Waals surface area (Å²) in [6.45, 7) is 4.29. The zero-order valence-corrected chi connectivity index (χ0v) is 12.6. The van der Waals surface area contributed by atoms with Crippen LogP contribution in [-0.4, -0.2) is 22.1 Å². The Balaban J connectivity index is 1.64. The number of aromatic amines is 1. The number of carbonyl (C=O) groups excluding carboxylic acids is 1. The minimum atomic E-state index is 0.0427. The molecule has 0 spiro atoms. The van der Waals surface area contributed by atoms with Gasteiger partial charge < -0.3 is 5.32 Å². The molecule has 4 nitrogen and oxygen atoms in total. The monoisotopic (exact) mass is 289 g/mol. The number of fused-ring (bicyclic) bond motifs is 1. The highest BCUT2D eigenvalue weighted by Gasteiger charge is 2.22. The summed E-state index contributed by atoms with van der Waals surface area (Å²) >= 11 is 1.66. The van der Waals surface area contributed by atoms with Gasteiger partial charge in [0.25, 0.3) is 5.91 Å². The Morgan fingerprint density at radius 3 is 3.15 bits per heavy atom. The van der Waals surface area contributed by atoms with Gasteiger partial charge >= 0.3 is 0 Å². The molecule has 1 aliphatic carbocycles. The molecule has 0 unspecified atom stereocenters. The Morgan fingerprint density at radius 2 is 2.40 bits per heavy atom. The minimum Gasteiger partial charge on any atom is -0.349 e. The average molecular weight is 289 g/mol. The van der Waals surface area contributed by atoms with Gasteiger partial charge in [0.1, 0.15) is 0 Å². The van der Waals surface area contributed by atoms with Crippen LogP contribution in [0.2, 0.25) is 0 Å². The van der Waals surface area contributed by atoms with Crippen molar-refractivity contribution < 1.29 is 4.79 Å². The lowest BCUT2D eigenvalue weighted by atomic mass is 9.93. The van der Waals surface area contributed by atoms with Gasteiger partial charge in [-0.2, -0.15) is 5.10 Å². The molecule has 0 bridgehead atoms. The van der Waals surface area contributed by atoms with E-state index in [0.29, 0.717) is 5.92 Å². The average Bonchev–Trinajstić information content (AvgIpc) is 3.07. The summed E-state index contributed by atoms with van der Waals surface area (Å²) in [5.41, 5.74) is 3.23. The summed E-state index contributed by atoms with van der Waals surface area (Å²) in [7, 11) is 0. The Labute approximate surface area is 122 Å². The molecule has 1 atom stereocenters. The molecule has 5 heteroatoms. The van der Waals surface area contributed by atoms with Crippen LogP contribution in [0.4, 0.5) is 0 Å². The van der Waals surface area contributed by atoms with E-state index in [-0.39, 0.29) is 11.9 Å². The Kier molecular flexibility index (Phi) is 3.61. The van der Waals surface area contributed by atoms with Crippen LogP contribution in [0.5, 0.6) is 0 Å². The zero-order chi connectivity index (χ0) is 14.1. The second-order valence-electron chi connectivity index (χ2n) is 5.68. The van der Waals surface area contributed by atoms with Gasteiger partial charge in [0.15, 0.2) is 0 Å². The SMILES string of the molecule is CC(C)c1cc(C(=O)N[C@@H]2CCc3cn[nH]c3C2)cs1. The van der Waals surface area contributed by atoms with E-state index in [1.54, 1.807) is 11.3 Å². The van der Waals surface area contributed by atoms with Gasteiger partial charge in [-0.15, -0.1) is 11.3 Å². The van der Waals surface area contributed by atoms with Crippen molar-refractivity contribution >= 4 is 17.2 Å². The van der Waals surface area contributed by atoms with Gasteiger partial charge in [0.05, 0.1) is 11.8 Å². The van der Waals surface area contributed by atoms with Crippen LogP contribution in [0.1, 0.15) is 52.7 Å². The van der Waals surface area contributed by atoms with Crippen molar-refractivity contribution in [2.75, 3.05) is 0 Å². The predicted octanol–water partition coefficient (Wildman–Crippen LogP) is 2.88. The van der Waals surface area contributed by atoms with E-state index in [0.717, 1.165) is 30.5 Å². The summed E-state index contributed by atoms with van der Waals surface area (Å²) in [4.78, 5) is 13.5. The number of nitrogens with zero attached hydrogens (tertiary/aromatic N) is 1. The molecule has 20 heavy (non-hydrogen) atoms. The van der Waals surface area contributed by atoms with Crippen molar-refractivity contribution in [2.24, 2.45) is 0 Å². The summed E-state index contributed by atoms with van der Waals surface area (Å²) < 4.78 is 0. The molecular formula is C15H19N3OS. The third-order valence-electron chi connectivity index (χ3n) is 3.81. The van der Waals surface area contributed by atoms with Crippen LogP contribution in [0, 0.1) is 0 Å². The lowest BCUT2D eigenvalue weighted by Gasteiger charge is -2.22. The number of rotatable bonds is 3. The van der Waals surface area contributed by atoms with Crippen LogP contribution >= 0.6 is 11.3 Å². The van der Waals surface area contributed by atoms with E-state index in [9.17, 15) is 4.79 Å². The molecule has 0 radical (unpaired) electrons. The Morgan fingerprint density at radius 1 is 1.55 bits per heavy atom. The number of amides is 1. The van der Waals surface area contributed by atoms with E-state index in [1.807, 2.05) is 17.6 Å². The third-order valence-corrected chi connectivity index (χ3v) is 5.04. The van der Waals surface area contributed by atoms with Crippen molar-refractivity contribution in [3.05, 3.63) is 39.3 Å². The number of H-pyrrole nitrogens is 1. The first kappa shape index (κ1) is 13.4. The normalized spacial score (nSPS) is 18.1. The van der Waals surface area contributed by atoms with E-state index in [2.05, 4.69) is 29.4 Å². The summed E-state index contributed by atoms with van der Waals surface area (Å²) in [6.07, 6.45) is 4.71. The van der Waals surface area contributed by atoms with Crippen LogP contribution in [0.15, 0.2) is 17.6 Å². The van der Waals surface area contributed by atoms with Gasteiger partial charge in [0, 0.05) is 28.4 Å². The van der Waals surface area contributed by atoms with Gasteiger partial charge in [-0.25, -0.2) is 0 Å². The van der Waals surface area contributed by atoms with Gasteiger partial charge in [0.2, 0.25) is 0 Å². The van der Waals surface area contributed by atoms with Crippen LogP contribution < -0.4 is 5.32 Å². The second kappa shape index (κ2) is 5.40. The van der Waals surface area contributed by atoms with Gasteiger partial charge in [-0.05, 0) is 30.4 Å². The fourth-order valence-electron chi connectivity index (χ4n) is 2.57.